The van der Waals surface area contributed by atoms with Crippen LogP contribution in [-0.2, 0) is 0 Å². The maximum Gasteiger partial charge on any atom is 0.573 e. The van der Waals surface area contributed by atoms with Crippen molar-refractivity contribution in [1.82, 2.24) is 9.97 Å². The van der Waals surface area contributed by atoms with Crippen LogP contribution in [0.25, 0.3) is 0 Å². The van der Waals surface area contributed by atoms with E-state index in [-0.39, 0.29) is 17.4 Å². The van der Waals surface area contributed by atoms with Gasteiger partial charge >= 0.3 is 17.9 Å². The van der Waals surface area contributed by atoms with Crippen LogP contribution >= 0.6 is 0 Å². The Morgan fingerprint density at radius 1 is 1.00 bits per heavy atom. The number of nitrogens with one attached hydrogen (secondary N) is 1. The standard InChI is InChI=1S/C19H15F3N4O4/c1-11-7-12(2)9-15(8-11)29-18-16(26(27)28)17(23-10-24-18)25-13-3-5-14(6-4-13)30-19(20,21)22/h3-10H,1-2H3,(H,23,24,25). The van der Waals surface area contributed by atoms with E-state index in [0.717, 1.165) is 29.6 Å². The van der Waals surface area contributed by atoms with Crippen molar-refractivity contribution >= 4 is 17.2 Å². The minimum Gasteiger partial charge on any atom is -0.434 e. The maximum absolute atomic E-state index is 12.3. The minimum absolute atomic E-state index is 0.182. The first-order valence-corrected chi connectivity index (χ1v) is 8.49. The molecule has 30 heavy (non-hydrogen) atoms. The Kier molecular flexibility index (Phi) is 5.72. The second kappa shape index (κ2) is 8.23. The van der Waals surface area contributed by atoms with E-state index in [9.17, 15) is 23.3 Å². The molecule has 2 aromatic carbocycles. The fraction of sp³-hybridized carbons (Fsp3) is 0.158. The number of benzene rings is 2. The van der Waals surface area contributed by atoms with E-state index in [1.165, 1.54) is 12.1 Å². The van der Waals surface area contributed by atoms with Gasteiger partial charge < -0.3 is 14.8 Å². The van der Waals surface area contributed by atoms with Crippen LogP contribution in [0, 0.1) is 24.0 Å². The summed E-state index contributed by atoms with van der Waals surface area (Å²) in [7, 11) is 0. The summed E-state index contributed by atoms with van der Waals surface area (Å²) in [5.74, 6) is -0.517. The van der Waals surface area contributed by atoms with Gasteiger partial charge in [0, 0.05) is 5.69 Å². The summed E-state index contributed by atoms with van der Waals surface area (Å²) >= 11 is 0. The van der Waals surface area contributed by atoms with Gasteiger partial charge in [-0.3, -0.25) is 10.1 Å². The second-order valence-electron chi connectivity index (χ2n) is 6.26. The Balaban J connectivity index is 1.88. The molecule has 0 radical (unpaired) electrons. The summed E-state index contributed by atoms with van der Waals surface area (Å²) < 4.78 is 46.2. The van der Waals surface area contributed by atoms with Gasteiger partial charge in [0.2, 0.25) is 5.82 Å². The first-order valence-electron chi connectivity index (χ1n) is 8.49. The zero-order valence-electron chi connectivity index (χ0n) is 15.7. The molecule has 0 unspecified atom stereocenters. The van der Waals surface area contributed by atoms with Crippen molar-refractivity contribution in [3.63, 3.8) is 0 Å². The molecule has 0 saturated carbocycles. The number of hydrogen-bond donors (Lipinski definition) is 1. The van der Waals surface area contributed by atoms with E-state index in [4.69, 9.17) is 4.74 Å². The highest BCUT2D eigenvalue weighted by Crippen LogP contribution is 2.36. The van der Waals surface area contributed by atoms with Crippen LogP contribution in [0.2, 0.25) is 0 Å². The van der Waals surface area contributed by atoms with Gasteiger partial charge in [-0.2, -0.15) is 4.98 Å². The van der Waals surface area contributed by atoms with Gasteiger partial charge in [0.1, 0.15) is 17.8 Å². The molecule has 1 N–H and O–H groups in total. The van der Waals surface area contributed by atoms with Gasteiger partial charge in [0.05, 0.1) is 4.92 Å². The van der Waals surface area contributed by atoms with Gasteiger partial charge in [-0.1, -0.05) is 6.07 Å². The molecule has 1 aromatic heterocycles. The average molecular weight is 420 g/mol. The number of nitro groups is 1. The predicted octanol–water partition coefficient (Wildman–Crippen LogP) is 5.44. The van der Waals surface area contributed by atoms with E-state index in [2.05, 4.69) is 20.0 Å². The Morgan fingerprint density at radius 3 is 2.20 bits per heavy atom. The molecule has 8 nitrogen and oxygen atoms in total. The van der Waals surface area contributed by atoms with Crippen LogP contribution in [0.3, 0.4) is 0 Å². The number of anilines is 2. The first-order chi connectivity index (χ1) is 14.1. The van der Waals surface area contributed by atoms with Crippen LogP contribution in [0.4, 0.5) is 30.4 Å². The van der Waals surface area contributed by atoms with Crippen molar-refractivity contribution in [3.8, 4) is 17.4 Å². The molecule has 11 heteroatoms. The van der Waals surface area contributed by atoms with Crippen LogP contribution in [0.5, 0.6) is 17.4 Å². The van der Waals surface area contributed by atoms with Crippen LogP contribution in [0.1, 0.15) is 11.1 Å². The third-order valence-electron chi connectivity index (χ3n) is 3.73. The van der Waals surface area contributed by atoms with Crippen molar-refractivity contribution in [1.29, 1.82) is 0 Å². The molecule has 0 aliphatic heterocycles. The lowest BCUT2D eigenvalue weighted by Gasteiger charge is -2.11. The lowest BCUT2D eigenvalue weighted by molar-refractivity contribution is -0.385. The number of aryl methyl sites for hydroxylation is 2. The lowest BCUT2D eigenvalue weighted by Crippen LogP contribution is -2.17. The summed E-state index contributed by atoms with van der Waals surface area (Å²) in [6, 6.07) is 9.97. The predicted molar refractivity (Wildman–Crippen MR) is 101 cm³/mol. The molecule has 3 aromatic rings. The SMILES string of the molecule is Cc1cc(C)cc(Oc2ncnc(Nc3ccc(OC(F)(F)F)cc3)c2[N+](=O)[O-])c1. The zero-order valence-corrected chi connectivity index (χ0v) is 15.7. The van der Waals surface area contributed by atoms with Gasteiger partial charge in [-0.25, -0.2) is 4.98 Å². The number of hydrogen-bond acceptors (Lipinski definition) is 7. The normalized spacial score (nSPS) is 11.1. The van der Waals surface area contributed by atoms with Crippen molar-refractivity contribution < 1.29 is 27.6 Å². The maximum atomic E-state index is 12.3. The molecule has 0 spiro atoms. The smallest absolute Gasteiger partial charge is 0.434 e. The summed E-state index contributed by atoms with van der Waals surface area (Å²) in [6.45, 7) is 3.71. The molecular weight excluding hydrogens is 405 g/mol. The molecule has 1 heterocycles. The third-order valence-corrected chi connectivity index (χ3v) is 3.73. The molecule has 156 valence electrons. The van der Waals surface area contributed by atoms with Crippen molar-refractivity contribution in [2.75, 3.05) is 5.32 Å². The molecule has 0 amide bonds. The summed E-state index contributed by atoms with van der Waals surface area (Å²) in [4.78, 5) is 18.6. The van der Waals surface area contributed by atoms with Gasteiger partial charge in [-0.15, -0.1) is 13.2 Å². The molecule has 0 aliphatic carbocycles. The van der Waals surface area contributed by atoms with Gasteiger partial charge in [0.15, 0.2) is 0 Å². The first kappa shape index (κ1) is 20.8. The van der Waals surface area contributed by atoms with Crippen LogP contribution in [-0.4, -0.2) is 21.3 Å². The van der Waals surface area contributed by atoms with Crippen LogP contribution < -0.4 is 14.8 Å². The molecule has 3 rings (SSSR count). The average Bonchev–Trinajstić information content (AvgIpc) is 2.61. The lowest BCUT2D eigenvalue weighted by atomic mass is 10.1. The summed E-state index contributed by atoms with van der Waals surface area (Å²) in [5.41, 5.74) is 1.54. The number of nitrogens with zero attached hydrogens (tertiary/aromatic N) is 3. The number of alkyl halides is 3. The van der Waals surface area contributed by atoms with Crippen molar-refractivity contribution in [2.45, 2.75) is 20.2 Å². The fourth-order valence-electron chi connectivity index (χ4n) is 2.67. The van der Waals surface area contributed by atoms with E-state index < -0.39 is 22.7 Å². The summed E-state index contributed by atoms with van der Waals surface area (Å²) in [6.07, 6.45) is -3.74. The number of halogens is 3. The molecule has 0 fully saturated rings. The second-order valence-corrected chi connectivity index (χ2v) is 6.26. The summed E-state index contributed by atoms with van der Waals surface area (Å²) in [5, 5.41) is 14.3. The highest BCUT2D eigenvalue weighted by molar-refractivity contribution is 5.69. The highest BCUT2D eigenvalue weighted by Gasteiger charge is 2.31. The molecular formula is C19H15F3N4O4. The Morgan fingerprint density at radius 2 is 1.63 bits per heavy atom. The molecule has 0 aliphatic rings. The van der Waals surface area contributed by atoms with Crippen molar-refractivity contribution in [2.24, 2.45) is 0 Å². The van der Waals surface area contributed by atoms with Crippen molar-refractivity contribution in [3.05, 3.63) is 70.0 Å². The number of aromatic nitrogens is 2. The number of rotatable bonds is 6. The fourth-order valence-corrected chi connectivity index (χ4v) is 2.67. The third kappa shape index (κ3) is 5.34. The number of ether oxygens (including phenoxy) is 2. The van der Waals surface area contributed by atoms with E-state index >= 15 is 0 Å². The molecule has 0 atom stereocenters. The largest absolute Gasteiger partial charge is 0.573 e. The van der Waals surface area contributed by atoms with Gasteiger partial charge in [0.25, 0.3) is 0 Å². The van der Waals surface area contributed by atoms with E-state index in [1.54, 1.807) is 12.1 Å². The van der Waals surface area contributed by atoms with E-state index in [0.29, 0.717) is 5.75 Å². The molecule has 0 saturated heterocycles. The highest BCUT2D eigenvalue weighted by atomic mass is 19.4. The zero-order chi connectivity index (χ0) is 21.9. The van der Waals surface area contributed by atoms with E-state index in [1.807, 2.05) is 19.9 Å². The van der Waals surface area contributed by atoms with Crippen LogP contribution in [0.15, 0.2) is 48.8 Å². The molecule has 0 bridgehead atoms. The van der Waals surface area contributed by atoms with Gasteiger partial charge in [-0.05, 0) is 61.4 Å². The Hall–Kier alpha value is -3.89. The minimum atomic E-state index is -4.82. The topological polar surface area (TPSA) is 99.4 Å². The Labute approximate surface area is 168 Å². The monoisotopic (exact) mass is 420 g/mol. The quantitative estimate of drug-likeness (QED) is 0.419. The Bertz CT molecular complexity index is 1050.